The third kappa shape index (κ3) is 44.7. The minimum absolute atomic E-state index is 0.0993. The molecule has 466 valence electrons. The summed E-state index contributed by atoms with van der Waals surface area (Å²) in [4.78, 5) is 26.6. The highest BCUT2D eigenvalue weighted by Crippen LogP contribution is 2.26. The smallest absolute Gasteiger partial charge is 0.306 e. The molecule has 8 atom stereocenters. The van der Waals surface area contributed by atoms with Gasteiger partial charge >= 0.3 is 5.97 Å². The van der Waals surface area contributed by atoms with Gasteiger partial charge in [-0.2, -0.15) is 0 Å². The Hall–Kier alpha value is -3.42. The molecule has 81 heavy (non-hydrogen) atoms. The van der Waals surface area contributed by atoms with Crippen LogP contribution < -0.4 is 5.32 Å². The average molecular weight is 1140 g/mol. The topological polar surface area (TPSA) is 175 Å². The highest BCUT2D eigenvalue weighted by Gasteiger charge is 2.47. The van der Waals surface area contributed by atoms with Crippen molar-refractivity contribution < 1.29 is 49.3 Å². The van der Waals surface area contributed by atoms with Crippen molar-refractivity contribution in [2.75, 3.05) is 13.2 Å². The van der Waals surface area contributed by atoms with Crippen molar-refractivity contribution in [3.8, 4) is 0 Å². The van der Waals surface area contributed by atoms with Gasteiger partial charge in [-0.25, -0.2) is 0 Å². The van der Waals surface area contributed by atoms with Crippen molar-refractivity contribution >= 4 is 11.9 Å². The van der Waals surface area contributed by atoms with Gasteiger partial charge in [0.2, 0.25) is 5.91 Å². The first-order chi connectivity index (χ1) is 39.7. The van der Waals surface area contributed by atoms with E-state index < -0.39 is 67.4 Å². The number of amides is 1. The Labute approximate surface area is 495 Å². The van der Waals surface area contributed by atoms with Crippen LogP contribution in [0, 0.1) is 0 Å². The van der Waals surface area contributed by atoms with E-state index in [4.69, 9.17) is 14.2 Å². The number of unbranched alkanes of at least 4 members (excludes halogenated alkanes) is 27. The number of carbonyl (C=O) groups is 2. The molecule has 8 unspecified atom stereocenters. The molecule has 0 aromatic heterocycles. The number of allylic oxidation sites excluding steroid dienone is 15. The van der Waals surface area contributed by atoms with Crippen LogP contribution in [0.3, 0.4) is 0 Å². The molecule has 1 amide bonds. The lowest BCUT2D eigenvalue weighted by molar-refractivity contribution is -0.305. The predicted octanol–water partition coefficient (Wildman–Crippen LogP) is 16.3. The number of ether oxygens (including phenoxy) is 3. The molecule has 1 heterocycles. The minimum atomic E-state index is -1.62. The summed E-state index contributed by atoms with van der Waals surface area (Å²) < 4.78 is 17.6. The molecule has 1 fully saturated rings. The van der Waals surface area contributed by atoms with Crippen molar-refractivity contribution in [3.63, 3.8) is 0 Å². The predicted molar refractivity (Wildman–Crippen MR) is 338 cm³/mol. The summed E-state index contributed by atoms with van der Waals surface area (Å²) in [6.45, 7) is 5.66. The van der Waals surface area contributed by atoms with E-state index in [1.54, 1.807) is 6.08 Å². The van der Waals surface area contributed by atoms with Gasteiger partial charge < -0.3 is 45.1 Å². The van der Waals surface area contributed by atoms with Crippen LogP contribution in [0.15, 0.2) is 97.2 Å². The van der Waals surface area contributed by atoms with Gasteiger partial charge in [-0.05, 0) is 103 Å². The monoisotopic (exact) mass is 1140 g/mol. The van der Waals surface area contributed by atoms with Gasteiger partial charge in [-0.15, -0.1) is 0 Å². The lowest BCUT2D eigenvalue weighted by Crippen LogP contribution is -2.61. The van der Waals surface area contributed by atoms with Gasteiger partial charge in [0.05, 0.1) is 25.4 Å². The Morgan fingerprint density at radius 2 is 0.889 bits per heavy atom. The van der Waals surface area contributed by atoms with E-state index in [2.05, 4.69) is 111 Å². The van der Waals surface area contributed by atoms with E-state index in [0.29, 0.717) is 12.8 Å². The first-order valence-electron chi connectivity index (χ1n) is 33.0. The fourth-order valence-electron chi connectivity index (χ4n) is 9.77. The SMILES string of the molecule is CC/C=C\C/C=C\C/C=C\C/C=C\C/C=C\C/C=C\CCCCCCCCCC(O)C(=O)NC(COC1OC(CO)C(O)C(O)C1OC(=O)CCCCC/C=C\CCCCCCCCC)C(O)/C=C/CCCCCCCCCCCC. The van der Waals surface area contributed by atoms with Gasteiger partial charge in [0.15, 0.2) is 12.4 Å². The molecule has 1 rings (SSSR count). The van der Waals surface area contributed by atoms with Crippen LogP contribution in [-0.2, 0) is 23.8 Å². The fourth-order valence-corrected chi connectivity index (χ4v) is 9.77. The Kier molecular flexibility index (Phi) is 53.2. The number of hydrogen-bond acceptors (Lipinski definition) is 10. The maximum atomic E-state index is 13.5. The van der Waals surface area contributed by atoms with Crippen molar-refractivity contribution in [3.05, 3.63) is 97.2 Å². The molecule has 1 aliphatic heterocycles. The molecular weight excluding hydrogens is 1010 g/mol. The number of rotatable bonds is 55. The van der Waals surface area contributed by atoms with Gasteiger partial charge in [0.25, 0.3) is 0 Å². The molecule has 0 aromatic carbocycles. The van der Waals surface area contributed by atoms with E-state index >= 15 is 0 Å². The Balaban J connectivity index is 2.63. The third-order valence-corrected chi connectivity index (χ3v) is 15.0. The molecule has 0 bridgehead atoms. The molecule has 0 saturated carbocycles. The molecule has 0 aliphatic carbocycles. The molecule has 11 nitrogen and oxygen atoms in total. The summed E-state index contributed by atoms with van der Waals surface area (Å²) in [7, 11) is 0. The van der Waals surface area contributed by atoms with Crippen LogP contribution in [0.25, 0.3) is 0 Å². The van der Waals surface area contributed by atoms with Crippen molar-refractivity contribution in [2.45, 2.75) is 320 Å². The number of aliphatic hydroxyl groups is 5. The van der Waals surface area contributed by atoms with E-state index in [-0.39, 0.29) is 19.4 Å². The van der Waals surface area contributed by atoms with Crippen LogP contribution in [-0.4, -0.2) is 99.6 Å². The highest BCUT2D eigenvalue weighted by molar-refractivity contribution is 5.80. The maximum absolute atomic E-state index is 13.5. The van der Waals surface area contributed by atoms with Crippen LogP contribution in [0.1, 0.15) is 271 Å². The summed E-state index contributed by atoms with van der Waals surface area (Å²) in [5.74, 6) is -1.22. The molecule has 1 saturated heterocycles. The second-order valence-corrected chi connectivity index (χ2v) is 22.5. The molecule has 0 aromatic rings. The van der Waals surface area contributed by atoms with Gasteiger partial charge in [0.1, 0.15) is 24.4 Å². The van der Waals surface area contributed by atoms with Crippen molar-refractivity contribution in [2.24, 2.45) is 0 Å². The number of hydrogen-bond donors (Lipinski definition) is 6. The maximum Gasteiger partial charge on any atom is 0.306 e. The van der Waals surface area contributed by atoms with Crippen molar-refractivity contribution in [1.29, 1.82) is 0 Å². The number of esters is 1. The molecule has 0 spiro atoms. The number of carbonyl (C=O) groups excluding carboxylic acids is 2. The van der Waals surface area contributed by atoms with Gasteiger partial charge in [0, 0.05) is 6.42 Å². The Morgan fingerprint density at radius 1 is 0.494 bits per heavy atom. The first-order valence-corrected chi connectivity index (χ1v) is 33.0. The van der Waals surface area contributed by atoms with Crippen LogP contribution in [0.4, 0.5) is 0 Å². The van der Waals surface area contributed by atoms with E-state index in [1.165, 1.54) is 103 Å². The van der Waals surface area contributed by atoms with Gasteiger partial charge in [-0.3, -0.25) is 9.59 Å². The molecule has 11 heteroatoms. The Morgan fingerprint density at radius 3 is 1.35 bits per heavy atom. The second-order valence-electron chi connectivity index (χ2n) is 22.5. The summed E-state index contributed by atoms with van der Waals surface area (Å²) in [6, 6.07) is -1.04. The molecule has 0 radical (unpaired) electrons. The van der Waals surface area contributed by atoms with E-state index in [1.807, 2.05) is 6.08 Å². The normalized spacial score (nSPS) is 19.3. The minimum Gasteiger partial charge on any atom is -0.454 e. The number of nitrogens with one attached hydrogen (secondary N) is 1. The second kappa shape index (κ2) is 57.0. The summed E-state index contributed by atoms with van der Waals surface area (Å²) in [5, 5.41) is 57.0. The van der Waals surface area contributed by atoms with Crippen LogP contribution in [0.5, 0.6) is 0 Å². The number of aliphatic hydroxyl groups excluding tert-OH is 5. The van der Waals surface area contributed by atoms with E-state index in [0.717, 1.165) is 122 Å². The Bertz CT molecular complexity index is 1690. The zero-order valence-electron chi connectivity index (χ0n) is 51.6. The largest absolute Gasteiger partial charge is 0.454 e. The quantitative estimate of drug-likeness (QED) is 0.0195. The zero-order valence-corrected chi connectivity index (χ0v) is 51.6. The highest BCUT2D eigenvalue weighted by atomic mass is 16.7. The van der Waals surface area contributed by atoms with Crippen molar-refractivity contribution in [1.82, 2.24) is 5.32 Å². The summed E-state index contributed by atoms with van der Waals surface area (Å²) in [6.07, 6.45) is 65.9. The lowest BCUT2D eigenvalue weighted by Gasteiger charge is -2.41. The van der Waals surface area contributed by atoms with Crippen LogP contribution in [0.2, 0.25) is 0 Å². The lowest BCUT2D eigenvalue weighted by atomic mass is 9.99. The first kappa shape index (κ1) is 75.6. The fraction of sp³-hybridized carbons (Fsp3) is 0.743. The van der Waals surface area contributed by atoms with Crippen LogP contribution >= 0.6 is 0 Å². The van der Waals surface area contributed by atoms with E-state index in [9.17, 15) is 35.1 Å². The molecule has 1 aliphatic rings. The van der Waals surface area contributed by atoms with Gasteiger partial charge in [-0.1, -0.05) is 259 Å². The summed E-state index contributed by atoms with van der Waals surface area (Å²) in [5.41, 5.74) is 0. The third-order valence-electron chi connectivity index (χ3n) is 15.0. The molecule has 6 N–H and O–H groups in total. The average Bonchev–Trinajstić information content (AvgIpc) is 3.48. The molecular formula is C70H121NO10. The standard InChI is InChI=1S/C70H121NO10/c1-4-7-10-13-16-19-22-25-27-28-29-30-31-32-33-34-35-36-37-38-39-42-45-48-51-54-57-63(74)69(78)71-61(62(73)56-53-50-47-44-41-24-21-18-15-12-9-6-3)60-79-70-68(67(77)66(76)64(59-72)80-70)81-65(75)58-55-52-49-46-43-40-26-23-20-17-14-11-8-5-2/h7,10,16,19,25,27,29-30,32-33,35-36,40,43,53,56,61-64,66-68,70,72-74,76-77H,4-6,8-9,11-15,17-18,20-24,26,28,31,34,37-39,41-42,44-52,54-55,57-60H2,1-3H3,(H,71,78)/b10-7-,19-16-,27-25-,30-29-,33-32-,36-35-,43-40-,56-53+. The zero-order chi connectivity index (χ0) is 58.9. The summed E-state index contributed by atoms with van der Waals surface area (Å²) >= 11 is 0.